The predicted octanol–water partition coefficient (Wildman–Crippen LogP) is 4.44. The lowest BCUT2D eigenvalue weighted by Gasteiger charge is -2.15. The van der Waals surface area contributed by atoms with Gasteiger partial charge < -0.3 is 5.11 Å². The summed E-state index contributed by atoms with van der Waals surface area (Å²) in [7, 11) is 0. The van der Waals surface area contributed by atoms with Gasteiger partial charge >= 0.3 is 0 Å². The van der Waals surface area contributed by atoms with Gasteiger partial charge in [0.2, 0.25) is 0 Å². The highest BCUT2D eigenvalue weighted by atomic mass is 127. The molecule has 0 radical (unpaired) electrons. The van der Waals surface area contributed by atoms with Crippen molar-refractivity contribution >= 4 is 34.2 Å². The Labute approximate surface area is 126 Å². The summed E-state index contributed by atoms with van der Waals surface area (Å²) < 4.78 is 39.6. The molecule has 0 saturated heterocycles. The van der Waals surface area contributed by atoms with Gasteiger partial charge in [-0.25, -0.2) is 13.2 Å². The zero-order chi connectivity index (χ0) is 14.2. The van der Waals surface area contributed by atoms with Gasteiger partial charge in [-0.2, -0.15) is 0 Å². The molecule has 0 bridgehead atoms. The minimum Gasteiger partial charge on any atom is -0.384 e. The van der Waals surface area contributed by atoms with Gasteiger partial charge in [0.05, 0.1) is 0 Å². The van der Waals surface area contributed by atoms with Crippen LogP contribution in [0.15, 0.2) is 30.3 Å². The summed E-state index contributed by atoms with van der Waals surface area (Å²) in [4.78, 5) is 0. The summed E-state index contributed by atoms with van der Waals surface area (Å²) in [6, 6.07) is 5.41. The van der Waals surface area contributed by atoms with Crippen LogP contribution in [0, 0.1) is 21.0 Å². The van der Waals surface area contributed by atoms with E-state index >= 15 is 0 Å². The number of hydrogen-bond donors (Lipinski definition) is 1. The van der Waals surface area contributed by atoms with E-state index in [0.717, 1.165) is 12.1 Å². The lowest BCUT2D eigenvalue weighted by Crippen LogP contribution is -2.04. The van der Waals surface area contributed by atoms with Crippen LogP contribution in [0.3, 0.4) is 0 Å². The Morgan fingerprint density at radius 2 is 1.63 bits per heavy atom. The zero-order valence-corrected chi connectivity index (χ0v) is 12.2. The molecule has 0 amide bonds. The Balaban J connectivity index is 2.49. The van der Waals surface area contributed by atoms with E-state index in [4.69, 9.17) is 11.6 Å². The molecule has 0 saturated carbocycles. The first kappa shape index (κ1) is 14.6. The third-order valence-corrected chi connectivity index (χ3v) is 3.85. The van der Waals surface area contributed by atoms with E-state index in [-0.39, 0.29) is 10.6 Å². The molecular formula is C13H7ClF3IO. The third-order valence-electron chi connectivity index (χ3n) is 2.59. The van der Waals surface area contributed by atoms with Gasteiger partial charge in [-0.3, -0.25) is 0 Å². The van der Waals surface area contributed by atoms with E-state index in [9.17, 15) is 18.3 Å². The Morgan fingerprint density at radius 3 is 2.26 bits per heavy atom. The van der Waals surface area contributed by atoms with E-state index < -0.39 is 23.6 Å². The lowest BCUT2D eigenvalue weighted by atomic mass is 10.0. The number of rotatable bonds is 2. The second kappa shape index (κ2) is 5.68. The van der Waals surface area contributed by atoms with Crippen LogP contribution in [0.1, 0.15) is 17.2 Å². The maximum absolute atomic E-state index is 13.2. The molecule has 19 heavy (non-hydrogen) atoms. The van der Waals surface area contributed by atoms with Gasteiger partial charge in [0.25, 0.3) is 0 Å². The molecule has 0 aliphatic rings. The van der Waals surface area contributed by atoms with E-state index in [0.29, 0.717) is 9.13 Å². The zero-order valence-electron chi connectivity index (χ0n) is 9.30. The highest BCUT2D eigenvalue weighted by Gasteiger charge is 2.19. The first-order valence-electron chi connectivity index (χ1n) is 5.17. The second-order valence-corrected chi connectivity index (χ2v) is 5.43. The van der Waals surface area contributed by atoms with Gasteiger partial charge in [0.15, 0.2) is 11.6 Å². The number of halogens is 5. The first-order chi connectivity index (χ1) is 8.90. The van der Waals surface area contributed by atoms with E-state index in [1.807, 2.05) is 22.6 Å². The highest BCUT2D eigenvalue weighted by molar-refractivity contribution is 14.1. The van der Waals surface area contributed by atoms with Crippen LogP contribution in [0.2, 0.25) is 5.02 Å². The SMILES string of the molecule is OC(c1cc(F)c(F)cc1Cl)c1ccc(F)cc1I. The van der Waals surface area contributed by atoms with Gasteiger partial charge in [-0.15, -0.1) is 0 Å². The van der Waals surface area contributed by atoms with Crippen molar-refractivity contribution in [1.82, 2.24) is 0 Å². The summed E-state index contributed by atoms with van der Waals surface area (Å²) in [6.45, 7) is 0. The van der Waals surface area contributed by atoms with Crippen molar-refractivity contribution in [3.05, 3.63) is 67.5 Å². The quantitative estimate of drug-likeness (QED) is 0.586. The van der Waals surface area contributed by atoms with Gasteiger partial charge in [-0.1, -0.05) is 17.7 Å². The molecule has 2 rings (SSSR count). The molecule has 1 unspecified atom stereocenters. The van der Waals surface area contributed by atoms with Crippen LogP contribution in [0.4, 0.5) is 13.2 Å². The summed E-state index contributed by atoms with van der Waals surface area (Å²) >= 11 is 7.63. The van der Waals surface area contributed by atoms with Crippen molar-refractivity contribution in [2.24, 2.45) is 0 Å². The van der Waals surface area contributed by atoms with E-state index in [2.05, 4.69) is 0 Å². The fourth-order valence-corrected chi connectivity index (χ4v) is 2.66. The minimum absolute atomic E-state index is 0.0325. The van der Waals surface area contributed by atoms with Crippen molar-refractivity contribution in [2.75, 3.05) is 0 Å². The number of aliphatic hydroxyl groups excluding tert-OH is 1. The van der Waals surface area contributed by atoms with Crippen LogP contribution in [-0.4, -0.2) is 5.11 Å². The monoisotopic (exact) mass is 398 g/mol. The number of aliphatic hydroxyl groups is 1. The molecule has 1 atom stereocenters. The van der Waals surface area contributed by atoms with Gasteiger partial charge in [0, 0.05) is 14.2 Å². The molecular weight excluding hydrogens is 391 g/mol. The molecule has 2 aromatic carbocycles. The molecule has 0 spiro atoms. The molecule has 0 aliphatic heterocycles. The number of benzene rings is 2. The summed E-state index contributed by atoms with van der Waals surface area (Å²) in [6.07, 6.45) is -1.25. The van der Waals surface area contributed by atoms with Crippen molar-refractivity contribution in [1.29, 1.82) is 0 Å². The third kappa shape index (κ3) is 3.04. The van der Waals surface area contributed by atoms with E-state index in [1.165, 1.54) is 18.2 Å². The Morgan fingerprint density at radius 1 is 1.00 bits per heavy atom. The summed E-state index contributed by atoms with van der Waals surface area (Å²) in [5, 5.41) is 10.1. The van der Waals surface area contributed by atoms with Crippen LogP contribution in [0.5, 0.6) is 0 Å². The lowest BCUT2D eigenvalue weighted by molar-refractivity contribution is 0.218. The largest absolute Gasteiger partial charge is 0.384 e. The topological polar surface area (TPSA) is 20.2 Å². The average Bonchev–Trinajstić information content (AvgIpc) is 2.33. The second-order valence-electron chi connectivity index (χ2n) is 3.86. The smallest absolute Gasteiger partial charge is 0.160 e. The molecule has 0 aromatic heterocycles. The van der Waals surface area contributed by atoms with Crippen molar-refractivity contribution in [3.8, 4) is 0 Å². The van der Waals surface area contributed by atoms with Crippen molar-refractivity contribution in [2.45, 2.75) is 6.10 Å². The summed E-state index contributed by atoms with van der Waals surface area (Å²) in [5.74, 6) is -2.64. The maximum Gasteiger partial charge on any atom is 0.160 e. The van der Waals surface area contributed by atoms with Crippen molar-refractivity contribution < 1.29 is 18.3 Å². The Bertz CT molecular complexity index is 634. The van der Waals surface area contributed by atoms with Crippen LogP contribution >= 0.6 is 34.2 Å². The normalized spacial score (nSPS) is 12.5. The van der Waals surface area contributed by atoms with Crippen molar-refractivity contribution in [3.63, 3.8) is 0 Å². The molecule has 6 heteroatoms. The Kier molecular flexibility index (Phi) is 4.37. The molecule has 0 heterocycles. The first-order valence-corrected chi connectivity index (χ1v) is 6.63. The maximum atomic E-state index is 13.2. The molecule has 0 fully saturated rings. The van der Waals surface area contributed by atoms with Gasteiger partial charge in [-0.05, 0) is 52.4 Å². The minimum atomic E-state index is -1.25. The molecule has 1 nitrogen and oxygen atoms in total. The fraction of sp³-hybridized carbons (Fsp3) is 0.0769. The standard InChI is InChI=1S/C13H7ClF3IO/c14-9-5-11(17)10(16)4-8(9)13(19)7-2-1-6(15)3-12(7)18/h1-5,13,19H. The van der Waals surface area contributed by atoms with E-state index in [1.54, 1.807) is 0 Å². The van der Waals surface area contributed by atoms with Crippen LogP contribution in [-0.2, 0) is 0 Å². The molecule has 0 aliphatic carbocycles. The molecule has 1 N–H and O–H groups in total. The molecule has 100 valence electrons. The Hall–Kier alpha value is -0.790. The van der Waals surface area contributed by atoms with Crippen LogP contribution in [0.25, 0.3) is 0 Å². The predicted molar refractivity (Wildman–Crippen MR) is 74.5 cm³/mol. The number of hydrogen-bond acceptors (Lipinski definition) is 1. The fourth-order valence-electron chi connectivity index (χ4n) is 1.64. The summed E-state index contributed by atoms with van der Waals surface area (Å²) in [5.41, 5.74) is 0.403. The van der Waals surface area contributed by atoms with Gasteiger partial charge in [0.1, 0.15) is 11.9 Å². The molecule has 2 aromatic rings. The van der Waals surface area contributed by atoms with Crippen LogP contribution < -0.4 is 0 Å². The highest BCUT2D eigenvalue weighted by Crippen LogP contribution is 2.32. The average molecular weight is 399 g/mol.